The molecule has 0 aliphatic heterocycles. The Morgan fingerprint density at radius 1 is 1.30 bits per heavy atom. The fraction of sp³-hybridized carbons (Fsp3) is 0.429. The smallest absolute Gasteiger partial charge is 0.258 e. The van der Waals surface area contributed by atoms with E-state index in [4.69, 9.17) is 0 Å². The average molecular weight is 343 g/mol. The zero-order valence-electron chi connectivity index (χ0n) is 11.9. The molecule has 0 unspecified atom stereocenters. The molecule has 0 fully saturated rings. The van der Waals surface area contributed by atoms with Gasteiger partial charge in [-0.15, -0.1) is 0 Å². The van der Waals surface area contributed by atoms with E-state index in [1.807, 2.05) is 6.92 Å². The third-order valence-electron chi connectivity index (χ3n) is 2.80. The molecule has 0 heterocycles. The van der Waals surface area contributed by atoms with Crippen molar-refractivity contribution in [2.75, 3.05) is 27.2 Å². The van der Waals surface area contributed by atoms with Gasteiger partial charge in [0.05, 0.1) is 5.56 Å². The maximum absolute atomic E-state index is 12.4. The number of nitrogens with zero attached hydrogens (tertiary/aromatic N) is 2. The van der Waals surface area contributed by atoms with Crippen LogP contribution in [0.15, 0.2) is 22.7 Å². The molecule has 2 amide bonds. The van der Waals surface area contributed by atoms with Crippen molar-refractivity contribution >= 4 is 27.7 Å². The number of aromatic hydroxyl groups is 1. The van der Waals surface area contributed by atoms with Gasteiger partial charge in [0.2, 0.25) is 5.91 Å². The van der Waals surface area contributed by atoms with Crippen LogP contribution in [0, 0.1) is 0 Å². The number of phenols is 1. The summed E-state index contributed by atoms with van der Waals surface area (Å²) in [5, 5.41) is 9.85. The summed E-state index contributed by atoms with van der Waals surface area (Å²) in [4.78, 5) is 27.1. The van der Waals surface area contributed by atoms with Crippen LogP contribution >= 0.6 is 15.9 Å². The molecule has 5 nitrogen and oxygen atoms in total. The predicted molar refractivity (Wildman–Crippen MR) is 80.7 cm³/mol. The second-order valence-corrected chi connectivity index (χ2v) is 5.59. The summed E-state index contributed by atoms with van der Waals surface area (Å²) in [7, 11) is 3.29. The van der Waals surface area contributed by atoms with E-state index in [0.29, 0.717) is 11.0 Å². The number of halogens is 1. The third kappa shape index (κ3) is 4.23. The van der Waals surface area contributed by atoms with E-state index in [9.17, 15) is 14.7 Å². The number of rotatable bonds is 5. The molecule has 0 radical (unpaired) electrons. The van der Waals surface area contributed by atoms with E-state index in [0.717, 1.165) is 6.42 Å². The monoisotopic (exact) mass is 342 g/mol. The summed E-state index contributed by atoms with van der Waals surface area (Å²) in [6.45, 7) is 2.41. The van der Waals surface area contributed by atoms with Gasteiger partial charge in [0.25, 0.3) is 5.91 Å². The first-order valence-corrected chi connectivity index (χ1v) is 7.14. The van der Waals surface area contributed by atoms with Gasteiger partial charge < -0.3 is 14.9 Å². The number of amides is 2. The number of likely N-dealkylation sites (N-methyl/N-ethyl adjacent to an activating group) is 1. The Hall–Kier alpha value is -1.56. The number of hydrogen-bond donors (Lipinski definition) is 1. The van der Waals surface area contributed by atoms with Crippen LogP contribution in [-0.2, 0) is 4.79 Å². The third-order valence-corrected chi connectivity index (χ3v) is 3.29. The normalized spacial score (nSPS) is 10.2. The second-order valence-electron chi connectivity index (χ2n) is 4.68. The molecule has 0 aliphatic rings. The lowest BCUT2D eigenvalue weighted by atomic mass is 10.1. The topological polar surface area (TPSA) is 60.9 Å². The molecule has 1 aromatic rings. The van der Waals surface area contributed by atoms with Crippen LogP contribution in [0.25, 0.3) is 0 Å². The fourth-order valence-corrected chi connectivity index (χ4v) is 2.03. The Bertz CT molecular complexity index is 503. The summed E-state index contributed by atoms with van der Waals surface area (Å²) in [6, 6.07) is 4.69. The van der Waals surface area contributed by atoms with Crippen molar-refractivity contribution in [3.63, 3.8) is 0 Å². The molecule has 1 rings (SSSR count). The summed E-state index contributed by atoms with van der Waals surface area (Å²) >= 11 is 3.23. The van der Waals surface area contributed by atoms with Crippen LogP contribution in [-0.4, -0.2) is 53.9 Å². The molecule has 0 atom stereocenters. The highest BCUT2D eigenvalue weighted by molar-refractivity contribution is 9.10. The van der Waals surface area contributed by atoms with Gasteiger partial charge in [-0.25, -0.2) is 0 Å². The molecule has 0 aliphatic carbocycles. The van der Waals surface area contributed by atoms with Gasteiger partial charge in [-0.3, -0.25) is 9.59 Å². The largest absolute Gasteiger partial charge is 0.507 e. The van der Waals surface area contributed by atoms with Crippen LogP contribution in [0.1, 0.15) is 23.7 Å². The molecular weight excluding hydrogens is 324 g/mol. The first-order valence-electron chi connectivity index (χ1n) is 6.34. The zero-order chi connectivity index (χ0) is 15.3. The summed E-state index contributed by atoms with van der Waals surface area (Å²) < 4.78 is 0.693. The number of benzene rings is 1. The lowest BCUT2D eigenvalue weighted by Gasteiger charge is -2.23. The van der Waals surface area contributed by atoms with E-state index >= 15 is 0 Å². The zero-order valence-corrected chi connectivity index (χ0v) is 13.5. The summed E-state index contributed by atoms with van der Waals surface area (Å²) in [6.07, 6.45) is 0.740. The lowest BCUT2D eigenvalue weighted by Crippen LogP contribution is -2.40. The van der Waals surface area contributed by atoms with Gasteiger partial charge in [0.1, 0.15) is 12.3 Å². The predicted octanol–water partition coefficient (Wildman–Crippen LogP) is 2.10. The highest BCUT2D eigenvalue weighted by atomic mass is 79.9. The van der Waals surface area contributed by atoms with Crippen molar-refractivity contribution < 1.29 is 14.7 Å². The second kappa shape index (κ2) is 7.28. The number of carbonyl (C=O) groups is 2. The van der Waals surface area contributed by atoms with Crippen molar-refractivity contribution in [2.24, 2.45) is 0 Å². The molecule has 0 saturated heterocycles. The van der Waals surface area contributed by atoms with Gasteiger partial charge in [-0.05, 0) is 24.6 Å². The standard InChI is InChI=1S/C14H19BrN2O3/c1-4-7-17(9-13(19)16(2)3)14(20)11-6-5-10(15)8-12(11)18/h5-6,8,18H,4,7,9H2,1-3H3. The van der Waals surface area contributed by atoms with Crippen molar-refractivity contribution in [1.29, 1.82) is 0 Å². The van der Waals surface area contributed by atoms with Crippen LogP contribution in [0.4, 0.5) is 0 Å². The van der Waals surface area contributed by atoms with E-state index in [1.54, 1.807) is 26.2 Å². The summed E-state index contributed by atoms with van der Waals surface area (Å²) in [5.74, 6) is -0.585. The van der Waals surface area contributed by atoms with E-state index in [2.05, 4.69) is 15.9 Å². The first-order chi connectivity index (χ1) is 9.36. The van der Waals surface area contributed by atoms with Crippen LogP contribution in [0.2, 0.25) is 0 Å². The Balaban J connectivity index is 2.96. The molecule has 6 heteroatoms. The minimum absolute atomic E-state index is 0.00910. The lowest BCUT2D eigenvalue weighted by molar-refractivity contribution is -0.129. The molecule has 0 aromatic heterocycles. The Morgan fingerprint density at radius 3 is 2.45 bits per heavy atom. The quantitative estimate of drug-likeness (QED) is 0.891. The number of hydrogen-bond acceptors (Lipinski definition) is 3. The summed E-state index contributed by atoms with van der Waals surface area (Å²) in [5.41, 5.74) is 0.202. The molecule has 0 bridgehead atoms. The Labute approximate surface area is 127 Å². The fourth-order valence-electron chi connectivity index (χ4n) is 1.68. The molecule has 20 heavy (non-hydrogen) atoms. The van der Waals surface area contributed by atoms with Crippen LogP contribution in [0.3, 0.4) is 0 Å². The molecule has 1 N–H and O–H groups in total. The minimum atomic E-state index is -0.341. The van der Waals surface area contributed by atoms with E-state index in [-0.39, 0.29) is 29.7 Å². The van der Waals surface area contributed by atoms with E-state index in [1.165, 1.54) is 15.9 Å². The van der Waals surface area contributed by atoms with Gasteiger partial charge >= 0.3 is 0 Å². The van der Waals surface area contributed by atoms with E-state index < -0.39 is 0 Å². The van der Waals surface area contributed by atoms with Crippen molar-refractivity contribution in [1.82, 2.24) is 9.80 Å². The maximum atomic E-state index is 12.4. The Kier molecular flexibility index (Phi) is 6.01. The SMILES string of the molecule is CCCN(CC(=O)N(C)C)C(=O)c1ccc(Br)cc1O. The van der Waals surface area contributed by atoms with Crippen molar-refractivity contribution in [2.45, 2.75) is 13.3 Å². The van der Waals surface area contributed by atoms with Crippen molar-refractivity contribution in [3.05, 3.63) is 28.2 Å². The van der Waals surface area contributed by atoms with Crippen LogP contribution in [0.5, 0.6) is 5.75 Å². The average Bonchev–Trinajstić information content (AvgIpc) is 2.37. The van der Waals surface area contributed by atoms with Crippen molar-refractivity contribution in [3.8, 4) is 5.75 Å². The molecule has 0 saturated carbocycles. The maximum Gasteiger partial charge on any atom is 0.258 e. The number of phenolic OH excluding ortho intramolecular Hbond substituents is 1. The van der Waals surface area contributed by atoms with Gasteiger partial charge in [-0.2, -0.15) is 0 Å². The first kappa shape index (κ1) is 16.5. The van der Waals surface area contributed by atoms with Crippen LogP contribution < -0.4 is 0 Å². The molecular formula is C14H19BrN2O3. The van der Waals surface area contributed by atoms with Gasteiger partial charge in [0, 0.05) is 25.1 Å². The molecule has 110 valence electrons. The molecule has 0 spiro atoms. The Morgan fingerprint density at radius 2 is 1.95 bits per heavy atom. The minimum Gasteiger partial charge on any atom is -0.507 e. The molecule has 1 aromatic carbocycles. The highest BCUT2D eigenvalue weighted by Gasteiger charge is 2.21. The van der Waals surface area contributed by atoms with Gasteiger partial charge in [0.15, 0.2) is 0 Å². The van der Waals surface area contributed by atoms with Gasteiger partial charge in [-0.1, -0.05) is 22.9 Å². The highest BCUT2D eigenvalue weighted by Crippen LogP contribution is 2.23. The number of carbonyl (C=O) groups excluding carboxylic acids is 2.